The number of carbonyl (C=O) groups is 1. The van der Waals surface area contributed by atoms with E-state index in [9.17, 15) is 4.79 Å². The summed E-state index contributed by atoms with van der Waals surface area (Å²) < 4.78 is 0. The number of carbonyl (C=O) groups excluding carboxylic acids is 1. The second-order valence-corrected chi connectivity index (χ2v) is 4.47. The van der Waals surface area contributed by atoms with Gasteiger partial charge in [0.15, 0.2) is 0 Å². The minimum absolute atomic E-state index is 0.0745. The van der Waals surface area contributed by atoms with Crippen molar-refractivity contribution < 1.29 is 4.79 Å². The van der Waals surface area contributed by atoms with Crippen molar-refractivity contribution >= 4 is 11.5 Å². The molecule has 0 unspecified atom stereocenters. The van der Waals surface area contributed by atoms with Gasteiger partial charge in [-0.1, -0.05) is 43.3 Å². The van der Waals surface area contributed by atoms with Crippen LogP contribution in [0.4, 0.5) is 0 Å². The number of hydrogen-bond acceptors (Lipinski definition) is 2. The number of allylic oxidation sites excluding steroid dienone is 1. The molecule has 0 fully saturated rings. The smallest absolute Gasteiger partial charge is 0.244 e. The molecule has 0 spiro atoms. The predicted molar refractivity (Wildman–Crippen MR) is 80.8 cm³/mol. The minimum atomic E-state index is -0.0745. The zero-order valence-electron chi connectivity index (χ0n) is 11.5. The highest BCUT2D eigenvalue weighted by Gasteiger charge is 2.03. The first-order valence-electron chi connectivity index (χ1n) is 6.72. The molecule has 102 valence electrons. The zero-order valence-corrected chi connectivity index (χ0v) is 11.5. The monoisotopic (exact) mass is 266 g/mol. The average molecular weight is 266 g/mol. The van der Waals surface area contributed by atoms with E-state index in [-0.39, 0.29) is 5.91 Å². The Morgan fingerprint density at radius 2 is 2.00 bits per heavy atom. The Hall–Kier alpha value is -2.42. The van der Waals surface area contributed by atoms with Crippen molar-refractivity contribution in [2.45, 2.75) is 19.9 Å². The molecular weight excluding hydrogens is 248 g/mol. The summed E-state index contributed by atoms with van der Waals surface area (Å²) in [4.78, 5) is 16.0. The maximum Gasteiger partial charge on any atom is 0.244 e. The van der Waals surface area contributed by atoms with E-state index in [1.54, 1.807) is 18.5 Å². The molecule has 1 aromatic heterocycles. The zero-order chi connectivity index (χ0) is 14.2. The second kappa shape index (κ2) is 7.24. The molecule has 1 heterocycles. The average Bonchev–Trinajstić information content (AvgIpc) is 2.52. The predicted octanol–water partition coefficient (Wildman–Crippen LogP) is 3.19. The third kappa shape index (κ3) is 4.05. The van der Waals surface area contributed by atoms with Crippen molar-refractivity contribution in [3.8, 4) is 0 Å². The first-order chi connectivity index (χ1) is 9.79. The standard InChI is InChI=1S/C17H18N2O/c1-2-15(16-8-4-3-5-9-16)11-17(20)19-13-14-7-6-10-18-12-14/h3-12H,2,13H2,1H3,(H,19,20)/b15-11+. The van der Waals surface area contributed by atoms with E-state index in [2.05, 4.69) is 10.3 Å². The summed E-state index contributed by atoms with van der Waals surface area (Å²) in [5.41, 5.74) is 3.12. The summed E-state index contributed by atoms with van der Waals surface area (Å²) >= 11 is 0. The van der Waals surface area contributed by atoms with Crippen molar-refractivity contribution in [3.63, 3.8) is 0 Å². The fourth-order valence-corrected chi connectivity index (χ4v) is 1.94. The SMILES string of the molecule is CC/C(=C\C(=O)NCc1cccnc1)c1ccccc1. The van der Waals surface area contributed by atoms with Gasteiger partial charge in [-0.15, -0.1) is 0 Å². The molecule has 0 bridgehead atoms. The first-order valence-corrected chi connectivity index (χ1v) is 6.72. The van der Waals surface area contributed by atoms with Gasteiger partial charge < -0.3 is 5.32 Å². The number of aromatic nitrogens is 1. The van der Waals surface area contributed by atoms with Gasteiger partial charge in [0, 0.05) is 25.0 Å². The number of pyridine rings is 1. The van der Waals surface area contributed by atoms with Crippen molar-refractivity contribution in [2.24, 2.45) is 0 Å². The molecule has 1 N–H and O–H groups in total. The molecule has 0 aliphatic rings. The van der Waals surface area contributed by atoms with Crippen molar-refractivity contribution in [2.75, 3.05) is 0 Å². The van der Waals surface area contributed by atoms with Crippen molar-refractivity contribution in [3.05, 3.63) is 72.1 Å². The van der Waals surface area contributed by atoms with E-state index in [4.69, 9.17) is 0 Å². The lowest BCUT2D eigenvalue weighted by molar-refractivity contribution is -0.116. The number of benzene rings is 1. The van der Waals surface area contributed by atoms with Gasteiger partial charge in [-0.3, -0.25) is 9.78 Å². The molecule has 3 heteroatoms. The highest BCUT2D eigenvalue weighted by atomic mass is 16.1. The van der Waals surface area contributed by atoms with Crippen LogP contribution in [0.15, 0.2) is 60.9 Å². The molecule has 2 rings (SSSR count). The fourth-order valence-electron chi connectivity index (χ4n) is 1.94. The maximum absolute atomic E-state index is 12.0. The Morgan fingerprint density at radius 1 is 1.20 bits per heavy atom. The van der Waals surface area contributed by atoms with Crippen LogP contribution in [0.1, 0.15) is 24.5 Å². The van der Waals surface area contributed by atoms with Gasteiger partial charge in [0.2, 0.25) is 5.91 Å². The van der Waals surface area contributed by atoms with Crippen molar-refractivity contribution in [1.82, 2.24) is 10.3 Å². The Balaban J connectivity index is 2.00. The van der Waals surface area contributed by atoms with Gasteiger partial charge in [0.25, 0.3) is 0 Å². The molecule has 3 nitrogen and oxygen atoms in total. The molecule has 2 aromatic rings. The maximum atomic E-state index is 12.0. The van der Waals surface area contributed by atoms with E-state index < -0.39 is 0 Å². The van der Waals surface area contributed by atoms with Crippen LogP contribution in [-0.4, -0.2) is 10.9 Å². The molecule has 0 aliphatic heterocycles. The Kier molecular flexibility index (Phi) is 5.07. The summed E-state index contributed by atoms with van der Waals surface area (Å²) in [5.74, 6) is -0.0745. The lowest BCUT2D eigenvalue weighted by Crippen LogP contribution is -2.20. The topological polar surface area (TPSA) is 42.0 Å². The van der Waals surface area contributed by atoms with Crippen LogP contribution < -0.4 is 5.32 Å². The third-order valence-electron chi connectivity index (χ3n) is 3.02. The van der Waals surface area contributed by atoms with Crippen LogP contribution >= 0.6 is 0 Å². The quantitative estimate of drug-likeness (QED) is 0.844. The summed E-state index contributed by atoms with van der Waals surface area (Å²) in [5, 5.41) is 2.88. The number of rotatable bonds is 5. The molecule has 0 atom stereocenters. The van der Waals surface area contributed by atoms with Crippen LogP contribution in [0, 0.1) is 0 Å². The van der Waals surface area contributed by atoms with Crippen LogP contribution in [-0.2, 0) is 11.3 Å². The molecular formula is C17H18N2O. The van der Waals surface area contributed by atoms with Crippen LogP contribution in [0.3, 0.4) is 0 Å². The van der Waals surface area contributed by atoms with E-state index in [1.807, 2.05) is 49.4 Å². The summed E-state index contributed by atoms with van der Waals surface area (Å²) in [6, 6.07) is 13.8. The van der Waals surface area contributed by atoms with Gasteiger partial charge in [-0.25, -0.2) is 0 Å². The molecule has 0 aliphatic carbocycles. The fraction of sp³-hybridized carbons (Fsp3) is 0.176. The number of hydrogen-bond donors (Lipinski definition) is 1. The Bertz CT molecular complexity index is 576. The molecule has 1 aromatic carbocycles. The van der Waals surface area contributed by atoms with Crippen LogP contribution in [0.5, 0.6) is 0 Å². The molecule has 0 saturated carbocycles. The normalized spacial score (nSPS) is 11.2. The van der Waals surface area contributed by atoms with Gasteiger partial charge >= 0.3 is 0 Å². The van der Waals surface area contributed by atoms with Crippen LogP contribution in [0.2, 0.25) is 0 Å². The summed E-state index contributed by atoms with van der Waals surface area (Å²) in [6.07, 6.45) is 5.97. The van der Waals surface area contributed by atoms with Gasteiger partial charge in [0.05, 0.1) is 0 Å². The molecule has 20 heavy (non-hydrogen) atoms. The lowest BCUT2D eigenvalue weighted by Gasteiger charge is -2.06. The third-order valence-corrected chi connectivity index (χ3v) is 3.02. The molecule has 1 amide bonds. The van der Waals surface area contributed by atoms with E-state index >= 15 is 0 Å². The lowest BCUT2D eigenvalue weighted by atomic mass is 10.0. The van der Waals surface area contributed by atoms with Gasteiger partial charge in [0.1, 0.15) is 0 Å². The summed E-state index contributed by atoms with van der Waals surface area (Å²) in [6.45, 7) is 2.54. The number of amides is 1. The highest BCUT2D eigenvalue weighted by Crippen LogP contribution is 2.16. The Morgan fingerprint density at radius 3 is 2.65 bits per heavy atom. The number of nitrogens with one attached hydrogen (secondary N) is 1. The largest absolute Gasteiger partial charge is 0.348 e. The van der Waals surface area contributed by atoms with E-state index in [0.717, 1.165) is 23.1 Å². The number of nitrogens with zero attached hydrogens (tertiary/aromatic N) is 1. The van der Waals surface area contributed by atoms with Gasteiger partial charge in [-0.2, -0.15) is 0 Å². The Labute approximate surface area is 119 Å². The minimum Gasteiger partial charge on any atom is -0.348 e. The first kappa shape index (κ1) is 14.0. The van der Waals surface area contributed by atoms with E-state index in [1.165, 1.54) is 0 Å². The van der Waals surface area contributed by atoms with E-state index in [0.29, 0.717) is 6.54 Å². The van der Waals surface area contributed by atoms with Crippen LogP contribution in [0.25, 0.3) is 5.57 Å². The molecule has 0 saturated heterocycles. The summed E-state index contributed by atoms with van der Waals surface area (Å²) in [7, 11) is 0. The van der Waals surface area contributed by atoms with Gasteiger partial charge in [-0.05, 0) is 29.2 Å². The second-order valence-electron chi connectivity index (χ2n) is 4.47. The molecule has 0 radical (unpaired) electrons. The highest BCUT2D eigenvalue weighted by molar-refractivity contribution is 5.95. The van der Waals surface area contributed by atoms with Crippen molar-refractivity contribution in [1.29, 1.82) is 0 Å².